The number of carbonyl (C=O) groups excluding carboxylic acids is 1. The Morgan fingerprint density at radius 3 is 2.73 bits per heavy atom. The Hall–Kier alpha value is -2.70. The van der Waals surface area contributed by atoms with Gasteiger partial charge < -0.3 is 14.6 Å². The van der Waals surface area contributed by atoms with E-state index in [-0.39, 0.29) is 25.4 Å². The van der Waals surface area contributed by atoms with E-state index in [4.69, 9.17) is 0 Å². The molecular formula is C19H22N4O3. The van der Waals surface area contributed by atoms with Crippen molar-refractivity contribution in [2.75, 3.05) is 0 Å². The lowest BCUT2D eigenvalue weighted by molar-refractivity contribution is -0.152. The van der Waals surface area contributed by atoms with Gasteiger partial charge in [-0.1, -0.05) is 18.2 Å². The molecule has 7 nitrogen and oxygen atoms in total. The largest absolute Gasteiger partial charge is 0.480 e. The van der Waals surface area contributed by atoms with Gasteiger partial charge in [-0.25, -0.2) is 4.79 Å². The number of hydrogen-bond acceptors (Lipinski definition) is 4. The lowest BCUT2D eigenvalue weighted by atomic mass is 9.90. The molecule has 0 saturated heterocycles. The smallest absolute Gasteiger partial charge is 0.328 e. The fourth-order valence-corrected chi connectivity index (χ4v) is 3.96. The van der Waals surface area contributed by atoms with Gasteiger partial charge in [0.25, 0.3) is 0 Å². The SMILES string of the molecule is Cc1nnc2n1CC(C(=O)O)N(C(=O)Cc1ccc3c(c1)CCCC3)C2. The molecule has 1 N–H and O–H groups in total. The molecule has 1 aromatic carbocycles. The van der Waals surface area contributed by atoms with E-state index < -0.39 is 12.0 Å². The molecule has 0 spiro atoms. The van der Waals surface area contributed by atoms with Gasteiger partial charge in [-0.05, 0) is 49.3 Å². The first-order valence-electron chi connectivity index (χ1n) is 9.04. The summed E-state index contributed by atoms with van der Waals surface area (Å²) in [5.74, 6) is 0.134. The molecule has 1 unspecified atom stereocenters. The fraction of sp³-hybridized carbons (Fsp3) is 0.474. The van der Waals surface area contributed by atoms with Crippen molar-refractivity contribution < 1.29 is 14.7 Å². The summed E-state index contributed by atoms with van der Waals surface area (Å²) in [6.45, 7) is 2.17. The van der Waals surface area contributed by atoms with Crippen molar-refractivity contribution in [3.63, 3.8) is 0 Å². The lowest BCUT2D eigenvalue weighted by Gasteiger charge is -2.33. The number of carboxylic acid groups (broad SMARTS) is 1. The number of nitrogens with zero attached hydrogens (tertiary/aromatic N) is 4. The highest BCUT2D eigenvalue weighted by molar-refractivity contribution is 5.85. The van der Waals surface area contributed by atoms with Crippen LogP contribution in [0.25, 0.3) is 0 Å². The zero-order valence-electron chi connectivity index (χ0n) is 14.8. The predicted molar refractivity (Wildman–Crippen MR) is 93.5 cm³/mol. The van der Waals surface area contributed by atoms with E-state index in [0.717, 1.165) is 18.4 Å². The van der Waals surface area contributed by atoms with Gasteiger partial charge in [0.05, 0.1) is 19.5 Å². The van der Waals surface area contributed by atoms with Crippen molar-refractivity contribution in [3.8, 4) is 0 Å². The topological polar surface area (TPSA) is 88.3 Å². The molecule has 2 aliphatic rings. The number of carbonyl (C=O) groups is 2. The Kier molecular flexibility index (Phi) is 4.22. The van der Waals surface area contributed by atoms with Gasteiger partial charge in [-0.15, -0.1) is 10.2 Å². The van der Waals surface area contributed by atoms with Crippen molar-refractivity contribution in [1.29, 1.82) is 0 Å². The maximum absolute atomic E-state index is 12.9. The van der Waals surface area contributed by atoms with Gasteiger partial charge in [0.1, 0.15) is 11.9 Å². The van der Waals surface area contributed by atoms with Crippen molar-refractivity contribution in [2.45, 2.75) is 58.2 Å². The van der Waals surface area contributed by atoms with Crippen molar-refractivity contribution in [2.24, 2.45) is 0 Å². The maximum atomic E-state index is 12.9. The molecule has 1 atom stereocenters. The molecule has 2 heterocycles. The van der Waals surface area contributed by atoms with E-state index in [2.05, 4.69) is 22.3 Å². The van der Waals surface area contributed by atoms with E-state index in [1.807, 2.05) is 6.07 Å². The molecule has 0 bridgehead atoms. The first kappa shape index (κ1) is 16.8. The summed E-state index contributed by atoms with van der Waals surface area (Å²) in [5.41, 5.74) is 3.64. The molecular weight excluding hydrogens is 332 g/mol. The summed E-state index contributed by atoms with van der Waals surface area (Å²) < 4.78 is 1.78. The second kappa shape index (κ2) is 6.55. The minimum Gasteiger partial charge on any atom is -0.480 e. The Morgan fingerprint density at radius 2 is 1.96 bits per heavy atom. The van der Waals surface area contributed by atoms with Crippen LogP contribution in [0.1, 0.15) is 41.2 Å². The van der Waals surface area contributed by atoms with E-state index in [1.54, 1.807) is 11.5 Å². The lowest BCUT2D eigenvalue weighted by Crippen LogP contribution is -2.51. The zero-order chi connectivity index (χ0) is 18.3. The predicted octanol–water partition coefficient (Wildman–Crippen LogP) is 1.50. The molecule has 0 fully saturated rings. The average Bonchev–Trinajstić information content (AvgIpc) is 3.01. The molecule has 1 aromatic heterocycles. The highest BCUT2D eigenvalue weighted by Gasteiger charge is 2.36. The van der Waals surface area contributed by atoms with Crippen LogP contribution in [0.3, 0.4) is 0 Å². The Bertz CT molecular complexity index is 874. The zero-order valence-corrected chi connectivity index (χ0v) is 14.8. The van der Waals surface area contributed by atoms with Crippen LogP contribution >= 0.6 is 0 Å². The van der Waals surface area contributed by atoms with Crippen LogP contribution in [0, 0.1) is 6.92 Å². The van der Waals surface area contributed by atoms with Crippen LogP contribution in [0.4, 0.5) is 0 Å². The summed E-state index contributed by atoms with van der Waals surface area (Å²) in [6.07, 6.45) is 4.78. The van der Waals surface area contributed by atoms with E-state index >= 15 is 0 Å². The van der Waals surface area contributed by atoms with Gasteiger partial charge in [0.15, 0.2) is 5.82 Å². The number of hydrogen-bond donors (Lipinski definition) is 1. The standard InChI is InChI=1S/C19H22N4O3/c1-12-20-21-17-11-23(16(19(25)26)10-22(12)17)18(24)9-13-6-7-14-4-2-3-5-15(14)8-13/h6-8,16H,2-5,9-11H2,1H3,(H,25,26). The molecule has 7 heteroatoms. The number of aliphatic carboxylic acids is 1. The van der Waals surface area contributed by atoms with Gasteiger partial charge in [0.2, 0.25) is 5.91 Å². The molecule has 0 radical (unpaired) electrons. The fourth-order valence-electron chi connectivity index (χ4n) is 3.96. The molecule has 26 heavy (non-hydrogen) atoms. The quantitative estimate of drug-likeness (QED) is 0.902. The highest BCUT2D eigenvalue weighted by Crippen LogP contribution is 2.24. The Morgan fingerprint density at radius 1 is 1.19 bits per heavy atom. The van der Waals surface area contributed by atoms with Crippen LogP contribution in [-0.2, 0) is 41.9 Å². The van der Waals surface area contributed by atoms with Crippen molar-refractivity contribution in [1.82, 2.24) is 19.7 Å². The number of aromatic nitrogens is 3. The second-order valence-corrected chi connectivity index (χ2v) is 7.14. The Labute approximate surface area is 151 Å². The van der Waals surface area contributed by atoms with Crippen LogP contribution in [-0.4, -0.2) is 42.7 Å². The first-order chi connectivity index (χ1) is 12.5. The number of amides is 1. The van der Waals surface area contributed by atoms with Crippen molar-refractivity contribution >= 4 is 11.9 Å². The Balaban J connectivity index is 1.55. The average molecular weight is 354 g/mol. The number of benzene rings is 1. The van der Waals surface area contributed by atoms with Gasteiger partial charge in [-0.3, -0.25) is 4.79 Å². The van der Waals surface area contributed by atoms with Crippen LogP contribution in [0.2, 0.25) is 0 Å². The number of fused-ring (bicyclic) bond motifs is 2. The summed E-state index contributed by atoms with van der Waals surface area (Å²) in [4.78, 5) is 26.0. The monoisotopic (exact) mass is 354 g/mol. The molecule has 4 rings (SSSR count). The minimum atomic E-state index is -0.998. The number of carboxylic acids is 1. The summed E-state index contributed by atoms with van der Waals surface area (Å²) >= 11 is 0. The number of aryl methyl sites for hydroxylation is 3. The third-order valence-electron chi connectivity index (χ3n) is 5.43. The third kappa shape index (κ3) is 2.98. The number of rotatable bonds is 3. The molecule has 1 aliphatic heterocycles. The first-order valence-corrected chi connectivity index (χ1v) is 9.04. The highest BCUT2D eigenvalue weighted by atomic mass is 16.4. The van der Waals surface area contributed by atoms with Crippen LogP contribution < -0.4 is 0 Å². The van der Waals surface area contributed by atoms with Gasteiger partial charge >= 0.3 is 5.97 Å². The second-order valence-electron chi connectivity index (χ2n) is 7.14. The molecule has 0 saturated carbocycles. The molecule has 1 aliphatic carbocycles. The minimum absolute atomic E-state index is 0.180. The molecule has 136 valence electrons. The van der Waals surface area contributed by atoms with E-state index in [0.29, 0.717) is 11.6 Å². The van der Waals surface area contributed by atoms with Gasteiger partial charge in [0, 0.05) is 0 Å². The van der Waals surface area contributed by atoms with Crippen LogP contribution in [0.15, 0.2) is 18.2 Å². The normalized spacial score (nSPS) is 19.0. The van der Waals surface area contributed by atoms with Crippen LogP contribution in [0.5, 0.6) is 0 Å². The van der Waals surface area contributed by atoms with Gasteiger partial charge in [-0.2, -0.15) is 0 Å². The third-order valence-corrected chi connectivity index (χ3v) is 5.43. The van der Waals surface area contributed by atoms with E-state index in [9.17, 15) is 14.7 Å². The van der Waals surface area contributed by atoms with Crippen molar-refractivity contribution in [3.05, 3.63) is 46.5 Å². The molecule has 1 amide bonds. The summed E-state index contributed by atoms with van der Waals surface area (Å²) in [7, 11) is 0. The maximum Gasteiger partial charge on any atom is 0.328 e. The molecule has 2 aromatic rings. The summed E-state index contributed by atoms with van der Waals surface area (Å²) in [6, 6.07) is 5.33. The van der Waals surface area contributed by atoms with E-state index in [1.165, 1.54) is 28.9 Å². The summed E-state index contributed by atoms with van der Waals surface area (Å²) in [5, 5.41) is 17.7.